The third-order valence-electron chi connectivity index (χ3n) is 1.16. The summed E-state index contributed by atoms with van der Waals surface area (Å²) in [5, 5.41) is 0. The SMILES string of the molecule is O=S(=O)(F)c1c(F)cccc1Br. The first-order chi connectivity index (χ1) is 5.43. The van der Waals surface area contributed by atoms with Crippen molar-refractivity contribution in [3.8, 4) is 0 Å². The Balaban J connectivity index is 3.53. The van der Waals surface area contributed by atoms with E-state index in [2.05, 4.69) is 15.9 Å². The van der Waals surface area contributed by atoms with Gasteiger partial charge in [-0.15, -0.1) is 3.89 Å². The molecule has 0 unspecified atom stereocenters. The molecule has 0 aromatic heterocycles. The third kappa shape index (κ3) is 1.81. The maximum Gasteiger partial charge on any atom is 0.336 e. The summed E-state index contributed by atoms with van der Waals surface area (Å²) in [5.41, 5.74) is 0. The van der Waals surface area contributed by atoms with Gasteiger partial charge in [0.2, 0.25) is 0 Å². The van der Waals surface area contributed by atoms with Gasteiger partial charge >= 0.3 is 10.2 Å². The maximum atomic E-state index is 12.7. The molecule has 0 aliphatic heterocycles. The van der Waals surface area contributed by atoms with Gasteiger partial charge in [0.15, 0.2) is 0 Å². The number of halogens is 3. The molecule has 1 rings (SSSR count). The zero-order valence-electron chi connectivity index (χ0n) is 5.59. The van der Waals surface area contributed by atoms with Crippen LogP contribution in [0.3, 0.4) is 0 Å². The summed E-state index contributed by atoms with van der Waals surface area (Å²) < 4.78 is 45.6. The first-order valence-electron chi connectivity index (χ1n) is 2.81. The standard InChI is InChI=1S/C6H3BrF2O2S/c7-4-2-1-3-5(8)6(4)12(9,10)11/h1-3H. The summed E-state index contributed by atoms with van der Waals surface area (Å²) in [6, 6.07) is 3.39. The van der Waals surface area contributed by atoms with Crippen LogP contribution in [0.4, 0.5) is 8.28 Å². The zero-order chi connectivity index (χ0) is 9.35. The van der Waals surface area contributed by atoms with Crippen LogP contribution in [-0.2, 0) is 10.2 Å². The van der Waals surface area contributed by atoms with E-state index in [0.29, 0.717) is 0 Å². The molecule has 6 heteroatoms. The average molecular weight is 257 g/mol. The van der Waals surface area contributed by atoms with Crippen molar-refractivity contribution in [2.75, 3.05) is 0 Å². The molecule has 0 aliphatic carbocycles. The lowest BCUT2D eigenvalue weighted by molar-refractivity contribution is 0.532. The molecule has 0 amide bonds. The van der Waals surface area contributed by atoms with E-state index in [4.69, 9.17) is 0 Å². The Hall–Kier alpha value is -0.490. The second-order valence-corrected chi connectivity index (χ2v) is 4.13. The van der Waals surface area contributed by atoms with E-state index >= 15 is 0 Å². The van der Waals surface area contributed by atoms with Gasteiger partial charge in [-0.25, -0.2) is 4.39 Å². The second kappa shape index (κ2) is 3.10. The van der Waals surface area contributed by atoms with E-state index in [0.717, 1.165) is 6.07 Å². The summed E-state index contributed by atoms with van der Waals surface area (Å²) in [6.45, 7) is 0. The van der Waals surface area contributed by atoms with Crippen molar-refractivity contribution in [3.63, 3.8) is 0 Å². The first kappa shape index (κ1) is 9.60. The first-order valence-corrected chi connectivity index (χ1v) is 4.99. The average Bonchev–Trinajstić information content (AvgIpc) is 1.82. The fraction of sp³-hybridized carbons (Fsp3) is 0. The van der Waals surface area contributed by atoms with Crippen LogP contribution in [0, 0.1) is 5.82 Å². The van der Waals surface area contributed by atoms with E-state index < -0.39 is 20.9 Å². The summed E-state index contributed by atoms with van der Waals surface area (Å²) >= 11 is 2.72. The predicted molar refractivity (Wildman–Crippen MR) is 42.4 cm³/mol. The monoisotopic (exact) mass is 256 g/mol. The summed E-state index contributed by atoms with van der Waals surface area (Å²) in [4.78, 5) is -0.954. The van der Waals surface area contributed by atoms with Gasteiger partial charge < -0.3 is 0 Å². The van der Waals surface area contributed by atoms with Crippen LogP contribution in [0.2, 0.25) is 0 Å². The zero-order valence-corrected chi connectivity index (χ0v) is 7.99. The molecule has 12 heavy (non-hydrogen) atoms. The van der Waals surface area contributed by atoms with Gasteiger partial charge in [0.1, 0.15) is 10.7 Å². The highest BCUT2D eigenvalue weighted by Gasteiger charge is 2.20. The molecule has 0 saturated heterocycles. The number of hydrogen-bond acceptors (Lipinski definition) is 2. The Bertz CT molecular complexity index is 382. The molecule has 0 fully saturated rings. The molecule has 0 atom stereocenters. The minimum absolute atomic E-state index is 0.120. The van der Waals surface area contributed by atoms with Gasteiger partial charge in [0.05, 0.1) is 0 Å². The van der Waals surface area contributed by atoms with Gasteiger partial charge in [0.25, 0.3) is 0 Å². The van der Waals surface area contributed by atoms with Gasteiger partial charge in [-0.05, 0) is 28.1 Å². The third-order valence-corrected chi connectivity index (χ3v) is 2.99. The van der Waals surface area contributed by atoms with Crippen LogP contribution in [0.15, 0.2) is 27.6 Å². The van der Waals surface area contributed by atoms with Crippen LogP contribution in [-0.4, -0.2) is 8.42 Å². The summed E-state index contributed by atoms with van der Waals surface area (Å²) in [5.74, 6) is -1.10. The van der Waals surface area contributed by atoms with Crippen LogP contribution < -0.4 is 0 Å². The molecule has 0 radical (unpaired) electrons. The Morgan fingerprint density at radius 1 is 1.33 bits per heavy atom. The van der Waals surface area contributed by atoms with E-state index in [1.807, 2.05) is 0 Å². The summed E-state index contributed by atoms with van der Waals surface area (Å²) in [6.07, 6.45) is 0. The molecular weight excluding hydrogens is 254 g/mol. The molecule has 0 saturated carbocycles. The van der Waals surface area contributed by atoms with Crippen LogP contribution in [0.1, 0.15) is 0 Å². The van der Waals surface area contributed by atoms with Crippen molar-refractivity contribution >= 4 is 26.2 Å². The normalized spacial score (nSPS) is 11.6. The minimum Gasteiger partial charge on any atom is -0.205 e. The Morgan fingerprint density at radius 3 is 2.25 bits per heavy atom. The Kier molecular flexibility index (Phi) is 2.48. The predicted octanol–water partition coefficient (Wildman–Crippen LogP) is 2.25. The highest BCUT2D eigenvalue weighted by Crippen LogP contribution is 2.25. The Labute approximate surface area is 76.6 Å². The summed E-state index contributed by atoms with van der Waals surface area (Å²) in [7, 11) is -4.99. The van der Waals surface area contributed by atoms with Gasteiger partial charge in [-0.3, -0.25) is 0 Å². The molecule has 1 aromatic rings. The maximum absolute atomic E-state index is 12.7. The van der Waals surface area contributed by atoms with Crippen molar-refractivity contribution in [2.45, 2.75) is 4.90 Å². The lowest BCUT2D eigenvalue weighted by Gasteiger charge is -1.98. The molecule has 1 aromatic carbocycles. The Morgan fingerprint density at radius 2 is 1.92 bits per heavy atom. The fourth-order valence-electron chi connectivity index (χ4n) is 0.715. The molecule has 0 aliphatic rings. The highest BCUT2D eigenvalue weighted by atomic mass is 79.9. The number of hydrogen-bond donors (Lipinski definition) is 0. The van der Waals surface area contributed by atoms with Crippen molar-refractivity contribution in [3.05, 3.63) is 28.5 Å². The molecule has 2 nitrogen and oxygen atoms in total. The van der Waals surface area contributed by atoms with E-state index in [9.17, 15) is 16.7 Å². The van der Waals surface area contributed by atoms with E-state index in [-0.39, 0.29) is 4.47 Å². The fourth-order valence-corrected chi connectivity index (χ4v) is 2.24. The largest absolute Gasteiger partial charge is 0.336 e. The number of benzene rings is 1. The van der Waals surface area contributed by atoms with Crippen LogP contribution in [0.25, 0.3) is 0 Å². The van der Waals surface area contributed by atoms with Crippen molar-refractivity contribution in [1.29, 1.82) is 0 Å². The van der Waals surface area contributed by atoms with Crippen LogP contribution >= 0.6 is 15.9 Å². The van der Waals surface area contributed by atoms with Crippen molar-refractivity contribution in [1.82, 2.24) is 0 Å². The molecule has 0 spiro atoms. The lowest BCUT2D eigenvalue weighted by atomic mass is 10.3. The minimum atomic E-state index is -4.99. The topological polar surface area (TPSA) is 34.1 Å². The highest BCUT2D eigenvalue weighted by molar-refractivity contribution is 9.10. The number of rotatable bonds is 1. The molecule has 0 bridgehead atoms. The van der Waals surface area contributed by atoms with Gasteiger partial charge in [0, 0.05) is 4.47 Å². The molecule has 0 heterocycles. The molecule has 66 valence electrons. The van der Waals surface area contributed by atoms with Gasteiger partial charge in [-0.1, -0.05) is 6.07 Å². The lowest BCUT2D eigenvalue weighted by Crippen LogP contribution is -1.97. The van der Waals surface area contributed by atoms with Crippen molar-refractivity contribution < 1.29 is 16.7 Å². The van der Waals surface area contributed by atoms with Gasteiger partial charge in [-0.2, -0.15) is 8.42 Å². The van der Waals surface area contributed by atoms with Crippen molar-refractivity contribution in [2.24, 2.45) is 0 Å². The van der Waals surface area contributed by atoms with E-state index in [1.165, 1.54) is 12.1 Å². The molecular formula is C6H3BrF2O2S. The smallest absolute Gasteiger partial charge is 0.205 e. The van der Waals surface area contributed by atoms with Crippen LogP contribution in [0.5, 0.6) is 0 Å². The second-order valence-electron chi connectivity index (χ2n) is 1.99. The van der Waals surface area contributed by atoms with E-state index in [1.54, 1.807) is 0 Å². The quantitative estimate of drug-likeness (QED) is 0.723. The molecule has 0 N–H and O–H groups in total.